The zero-order chi connectivity index (χ0) is 18.2. The second kappa shape index (κ2) is 5.47. The number of thioether (sulfide) groups is 1. The van der Waals surface area contributed by atoms with Crippen LogP contribution < -0.4 is 16.1 Å². The first-order chi connectivity index (χ1) is 12.5. The predicted octanol–water partition coefficient (Wildman–Crippen LogP) is 2.19. The third kappa shape index (κ3) is 2.21. The number of aromatic carboxylic acids is 1. The highest BCUT2D eigenvalue weighted by atomic mass is 32.2. The maximum absolute atomic E-state index is 15.0. The first kappa shape index (κ1) is 16.1. The molecule has 136 valence electrons. The fraction of sp³-hybridized carbons (Fsp3) is 0.444. The number of hydrogen-bond donors (Lipinski definition) is 2. The van der Waals surface area contributed by atoms with Crippen molar-refractivity contribution >= 4 is 34.3 Å². The van der Waals surface area contributed by atoms with E-state index in [9.17, 15) is 14.7 Å². The molecule has 6 nitrogen and oxygen atoms in total. The van der Waals surface area contributed by atoms with Gasteiger partial charge in [-0.05, 0) is 25.3 Å². The van der Waals surface area contributed by atoms with Crippen molar-refractivity contribution < 1.29 is 14.3 Å². The van der Waals surface area contributed by atoms with Crippen LogP contribution in [0.15, 0.2) is 22.0 Å². The molecule has 0 bridgehead atoms. The van der Waals surface area contributed by atoms with E-state index in [1.807, 2.05) is 9.47 Å². The molecule has 5 rings (SSSR count). The molecule has 3 heterocycles. The van der Waals surface area contributed by atoms with Crippen molar-refractivity contribution in [2.75, 3.05) is 17.2 Å². The predicted molar refractivity (Wildman–Crippen MR) is 97.8 cm³/mol. The Bertz CT molecular complexity index is 1020. The Morgan fingerprint density at radius 1 is 1.35 bits per heavy atom. The Kier molecular flexibility index (Phi) is 3.39. The van der Waals surface area contributed by atoms with Gasteiger partial charge in [-0.2, -0.15) is 0 Å². The number of benzene rings is 1. The van der Waals surface area contributed by atoms with E-state index >= 15 is 4.39 Å². The summed E-state index contributed by atoms with van der Waals surface area (Å²) in [5, 5.41) is 9.53. The third-order valence-corrected chi connectivity index (χ3v) is 6.75. The molecule has 1 saturated heterocycles. The van der Waals surface area contributed by atoms with Crippen molar-refractivity contribution in [3.8, 4) is 0 Å². The van der Waals surface area contributed by atoms with E-state index in [0.29, 0.717) is 17.7 Å². The molecule has 2 aromatic rings. The van der Waals surface area contributed by atoms with Crippen molar-refractivity contribution in [1.82, 2.24) is 4.57 Å². The Morgan fingerprint density at radius 2 is 2.12 bits per heavy atom. The smallest absolute Gasteiger partial charge is 0.341 e. The summed E-state index contributed by atoms with van der Waals surface area (Å²) in [6.07, 6.45) is 4.14. The molecule has 0 amide bonds. The summed E-state index contributed by atoms with van der Waals surface area (Å²) in [6.45, 7) is 0.599. The van der Waals surface area contributed by atoms with Crippen LogP contribution in [0.1, 0.15) is 35.7 Å². The van der Waals surface area contributed by atoms with Crippen molar-refractivity contribution in [1.29, 1.82) is 0 Å². The molecule has 2 fully saturated rings. The molecule has 26 heavy (non-hydrogen) atoms. The van der Waals surface area contributed by atoms with Gasteiger partial charge in [0, 0.05) is 36.6 Å². The van der Waals surface area contributed by atoms with E-state index in [1.165, 1.54) is 12.3 Å². The van der Waals surface area contributed by atoms with Gasteiger partial charge in [-0.1, -0.05) is 0 Å². The minimum Gasteiger partial charge on any atom is -0.477 e. The van der Waals surface area contributed by atoms with Gasteiger partial charge in [-0.15, -0.1) is 11.8 Å². The number of nitrogens with two attached hydrogens (primary N) is 1. The van der Waals surface area contributed by atoms with Crippen LogP contribution in [-0.4, -0.2) is 40.0 Å². The fourth-order valence-corrected chi connectivity index (χ4v) is 5.58. The van der Waals surface area contributed by atoms with Crippen LogP contribution in [0.5, 0.6) is 0 Å². The summed E-state index contributed by atoms with van der Waals surface area (Å²) in [5.41, 5.74) is 6.35. The quantitative estimate of drug-likeness (QED) is 0.837. The van der Waals surface area contributed by atoms with Gasteiger partial charge in [-0.25, -0.2) is 9.18 Å². The van der Waals surface area contributed by atoms with Gasteiger partial charge < -0.3 is 20.3 Å². The molecule has 0 unspecified atom stereocenters. The number of rotatable bonds is 2. The highest BCUT2D eigenvalue weighted by Crippen LogP contribution is 2.48. The topological polar surface area (TPSA) is 88.6 Å². The normalized spacial score (nSPS) is 24.6. The van der Waals surface area contributed by atoms with Gasteiger partial charge >= 0.3 is 5.97 Å². The summed E-state index contributed by atoms with van der Waals surface area (Å²) in [7, 11) is 0. The lowest BCUT2D eigenvalue weighted by Crippen LogP contribution is -2.36. The lowest BCUT2D eigenvalue weighted by Gasteiger charge is -2.34. The minimum atomic E-state index is -1.28. The molecule has 1 aromatic carbocycles. The lowest BCUT2D eigenvalue weighted by molar-refractivity contribution is 0.0695. The summed E-state index contributed by atoms with van der Waals surface area (Å²) < 4.78 is 16.9. The number of carbonyl (C=O) groups is 1. The average molecular weight is 375 g/mol. The number of aromatic nitrogens is 1. The first-order valence-corrected chi connectivity index (χ1v) is 9.74. The molecule has 8 heteroatoms. The van der Waals surface area contributed by atoms with Crippen molar-refractivity contribution in [2.45, 2.75) is 42.3 Å². The van der Waals surface area contributed by atoms with Crippen molar-refractivity contribution in [3.63, 3.8) is 0 Å². The number of fused-ring (bicyclic) bond motifs is 5. The van der Waals surface area contributed by atoms with Crippen LogP contribution in [0.3, 0.4) is 0 Å². The summed E-state index contributed by atoms with van der Waals surface area (Å²) in [6, 6.07) is 1.61. The number of hydrogen-bond acceptors (Lipinski definition) is 5. The van der Waals surface area contributed by atoms with Crippen molar-refractivity contribution in [2.24, 2.45) is 5.73 Å². The van der Waals surface area contributed by atoms with Gasteiger partial charge in [0.25, 0.3) is 0 Å². The number of halogens is 1. The number of pyridine rings is 1. The molecular weight excluding hydrogens is 357 g/mol. The molecular formula is C18H18FN3O3S. The van der Waals surface area contributed by atoms with E-state index < -0.39 is 17.2 Å². The van der Waals surface area contributed by atoms with Crippen LogP contribution >= 0.6 is 11.8 Å². The number of carboxylic acid groups (broad SMARTS) is 1. The highest BCUT2D eigenvalue weighted by molar-refractivity contribution is 7.99. The second-order valence-corrected chi connectivity index (χ2v) is 8.39. The SMILES string of the molecule is N[C@H]1C[C@H]2CSc3c(c(F)cc4c(=O)c(C(=O)O)cn(C5CC5)c34)N2C1. The van der Waals surface area contributed by atoms with Gasteiger partial charge in [0.2, 0.25) is 5.43 Å². The van der Waals surface area contributed by atoms with Crippen LogP contribution in [0, 0.1) is 5.82 Å². The summed E-state index contributed by atoms with van der Waals surface area (Å²) in [5.74, 6) is -0.956. The molecule has 3 N–H and O–H groups in total. The zero-order valence-corrected chi connectivity index (χ0v) is 14.8. The zero-order valence-electron chi connectivity index (χ0n) is 13.9. The maximum Gasteiger partial charge on any atom is 0.341 e. The Hall–Kier alpha value is -2.06. The maximum atomic E-state index is 15.0. The molecule has 2 atom stereocenters. The first-order valence-electron chi connectivity index (χ1n) is 8.75. The molecule has 0 radical (unpaired) electrons. The molecule has 2 aliphatic heterocycles. The van der Waals surface area contributed by atoms with Crippen LogP contribution in [0.2, 0.25) is 0 Å². The van der Waals surface area contributed by atoms with Crippen LogP contribution in [0.25, 0.3) is 10.9 Å². The molecule has 1 saturated carbocycles. The fourth-order valence-electron chi connectivity index (χ4n) is 4.20. The Labute approximate surface area is 152 Å². The molecule has 3 aliphatic rings. The monoisotopic (exact) mass is 375 g/mol. The van der Waals surface area contributed by atoms with Crippen LogP contribution in [-0.2, 0) is 0 Å². The number of carboxylic acids is 1. The largest absolute Gasteiger partial charge is 0.477 e. The third-order valence-electron chi connectivity index (χ3n) is 5.52. The van der Waals surface area contributed by atoms with Gasteiger partial charge in [-0.3, -0.25) is 4.79 Å². The summed E-state index contributed by atoms with van der Waals surface area (Å²) in [4.78, 5) is 26.9. The highest BCUT2D eigenvalue weighted by Gasteiger charge is 2.39. The van der Waals surface area contributed by atoms with E-state index in [2.05, 4.69) is 0 Å². The minimum absolute atomic E-state index is 0.0154. The Balaban J connectivity index is 1.85. The van der Waals surface area contributed by atoms with E-state index in [4.69, 9.17) is 5.73 Å². The Morgan fingerprint density at radius 3 is 2.81 bits per heavy atom. The standard InChI is InChI=1S/C18H18FN3O3S/c19-13-4-11-14(17-15(13)21-5-8(20)3-10(21)7-26-17)22(9-1-2-9)6-12(16(11)23)18(24)25/h4,6,8-10H,1-3,5,7,20H2,(H,24,25)/t8-,10-/m0/s1. The van der Waals surface area contributed by atoms with E-state index in [1.54, 1.807) is 11.8 Å². The lowest BCUT2D eigenvalue weighted by atomic mass is 10.1. The van der Waals surface area contributed by atoms with E-state index in [0.717, 1.165) is 29.9 Å². The van der Waals surface area contributed by atoms with Gasteiger partial charge in [0.05, 0.1) is 21.5 Å². The summed E-state index contributed by atoms with van der Waals surface area (Å²) >= 11 is 1.55. The molecule has 1 aromatic heterocycles. The number of anilines is 1. The van der Waals surface area contributed by atoms with Gasteiger partial charge in [0.15, 0.2) is 0 Å². The van der Waals surface area contributed by atoms with Crippen molar-refractivity contribution in [3.05, 3.63) is 33.9 Å². The number of nitrogens with zero attached hydrogens (tertiary/aromatic N) is 2. The van der Waals surface area contributed by atoms with E-state index in [-0.39, 0.29) is 29.1 Å². The molecule has 0 spiro atoms. The van der Waals surface area contributed by atoms with Gasteiger partial charge in [0.1, 0.15) is 11.4 Å². The van der Waals surface area contributed by atoms with Crippen LogP contribution in [0.4, 0.5) is 10.1 Å². The average Bonchev–Trinajstić information content (AvgIpc) is 3.35. The molecule has 1 aliphatic carbocycles. The second-order valence-electron chi connectivity index (χ2n) is 7.36.